The molecule has 0 bridgehead atoms. The molecule has 140 valence electrons. The summed E-state index contributed by atoms with van der Waals surface area (Å²) in [4.78, 5) is 29.1. The second kappa shape index (κ2) is 7.36. The summed E-state index contributed by atoms with van der Waals surface area (Å²) in [6, 6.07) is 15.9. The molecule has 0 aliphatic heterocycles. The average molecular weight is 376 g/mol. The van der Waals surface area contributed by atoms with E-state index in [1.165, 1.54) is 17.1 Å². The van der Waals surface area contributed by atoms with Crippen LogP contribution in [0.4, 0.5) is 0 Å². The fraction of sp³-hybridized carbons (Fsp3) is 0.100. The monoisotopic (exact) mass is 376 g/mol. The first-order valence-corrected chi connectivity index (χ1v) is 8.49. The van der Waals surface area contributed by atoms with Crippen LogP contribution < -0.4 is 15.0 Å². The summed E-state index contributed by atoms with van der Waals surface area (Å²) in [5, 5.41) is 4.56. The highest BCUT2D eigenvalue weighted by Gasteiger charge is 2.14. The molecule has 28 heavy (non-hydrogen) atoms. The van der Waals surface area contributed by atoms with Crippen molar-refractivity contribution in [3.05, 3.63) is 77.5 Å². The molecule has 8 heteroatoms. The van der Waals surface area contributed by atoms with Gasteiger partial charge in [0.1, 0.15) is 29.8 Å². The third-order valence-corrected chi connectivity index (χ3v) is 4.15. The fourth-order valence-corrected chi connectivity index (χ4v) is 2.76. The van der Waals surface area contributed by atoms with Gasteiger partial charge in [0.15, 0.2) is 5.65 Å². The summed E-state index contributed by atoms with van der Waals surface area (Å²) in [5.74, 6) is 0.575. The molecule has 0 unspecified atom stereocenters. The highest BCUT2D eigenvalue weighted by atomic mass is 16.5. The van der Waals surface area contributed by atoms with Gasteiger partial charge in [-0.25, -0.2) is 14.5 Å². The number of methoxy groups -OCH3 is 1. The highest BCUT2D eigenvalue weighted by molar-refractivity contribution is 5.76. The number of hydrogen-bond acceptors (Lipinski definition) is 6. The molecule has 0 N–H and O–H groups in total. The number of para-hydroxylation sites is 1. The predicted octanol–water partition coefficient (Wildman–Crippen LogP) is 2.20. The largest absolute Gasteiger partial charge is 0.497 e. The van der Waals surface area contributed by atoms with E-state index in [4.69, 9.17) is 9.47 Å². The molecule has 0 fully saturated rings. The molecule has 0 saturated heterocycles. The van der Waals surface area contributed by atoms with Crippen molar-refractivity contribution < 1.29 is 14.3 Å². The summed E-state index contributed by atoms with van der Waals surface area (Å²) in [6.07, 6.45) is 2.76. The molecule has 2 aromatic heterocycles. The van der Waals surface area contributed by atoms with E-state index in [9.17, 15) is 9.59 Å². The minimum atomic E-state index is -0.558. The summed E-state index contributed by atoms with van der Waals surface area (Å²) in [5.41, 5.74) is 0.779. The standard InChI is InChI=1S/C20H16N4O4/c1-27-15-9-7-14(8-10-15)24-19-17(11-22-24)20(26)23(13-21-19)12-18(25)28-16-5-3-2-4-6-16/h2-11,13H,12H2,1H3. The highest BCUT2D eigenvalue weighted by Crippen LogP contribution is 2.17. The van der Waals surface area contributed by atoms with Gasteiger partial charge in [-0.2, -0.15) is 5.10 Å². The van der Waals surface area contributed by atoms with Crippen LogP contribution in [-0.2, 0) is 11.3 Å². The zero-order chi connectivity index (χ0) is 19.5. The Morgan fingerprint density at radius 2 is 1.79 bits per heavy atom. The number of benzene rings is 2. The van der Waals surface area contributed by atoms with Gasteiger partial charge in [-0.3, -0.25) is 9.36 Å². The number of nitrogens with zero attached hydrogens (tertiary/aromatic N) is 4. The fourth-order valence-electron chi connectivity index (χ4n) is 2.76. The molecule has 0 amide bonds. The topological polar surface area (TPSA) is 88.2 Å². The Morgan fingerprint density at radius 1 is 1.04 bits per heavy atom. The molecule has 0 spiro atoms. The number of rotatable bonds is 5. The van der Waals surface area contributed by atoms with Crippen molar-refractivity contribution in [2.75, 3.05) is 7.11 Å². The van der Waals surface area contributed by atoms with E-state index in [1.807, 2.05) is 18.2 Å². The molecule has 0 radical (unpaired) electrons. The van der Waals surface area contributed by atoms with E-state index in [0.717, 1.165) is 5.69 Å². The van der Waals surface area contributed by atoms with Crippen LogP contribution in [-0.4, -0.2) is 32.4 Å². The van der Waals surface area contributed by atoms with Crippen LogP contribution >= 0.6 is 0 Å². The van der Waals surface area contributed by atoms with E-state index < -0.39 is 5.97 Å². The number of esters is 1. The number of ether oxygens (including phenoxy) is 2. The van der Waals surface area contributed by atoms with Crippen LogP contribution in [0.15, 0.2) is 71.9 Å². The molecule has 2 aromatic carbocycles. The molecule has 8 nitrogen and oxygen atoms in total. The number of carbonyl (C=O) groups excluding carboxylic acids is 1. The van der Waals surface area contributed by atoms with Crippen LogP contribution in [0.1, 0.15) is 0 Å². The average Bonchev–Trinajstić information content (AvgIpc) is 3.16. The third-order valence-electron chi connectivity index (χ3n) is 4.15. The van der Waals surface area contributed by atoms with Crippen molar-refractivity contribution in [3.63, 3.8) is 0 Å². The third kappa shape index (κ3) is 3.35. The maximum Gasteiger partial charge on any atom is 0.331 e. The van der Waals surface area contributed by atoms with Crippen LogP contribution in [0.3, 0.4) is 0 Å². The van der Waals surface area contributed by atoms with Crippen LogP contribution in [0.2, 0.25) is 0 Å². The molecule has 4 aromatic rings. The van der Waals surface area contributed by atoms with Gasteiger partial charge in [0.05, 0.1) is 19.0 Å². The van der Waals surface area contributed by atoms with E-state index in [-0.39, 0.29) is 12.1 Å². The van der Waals surface area contributed by atoms with Gasteiger partial charge in [0.2, 0.25) is 0 Å². The van der Waals surface area contributed by atoms with Crippen molar-refractivity contribution in [1.82, 2.24) is 19.3 Å². The zero-order valence-corrected chi connectivity index (χ0v) is 15.0. The summed E-state index contributed by atoms with van der Waals surface area (Å²) >= 11 is 0. The number of carbonyl (C=O) groups is 1. The summed E-state index contributed by atoms with van der Waals surface area (Å²) in [7, 11) is 1.59. The van der Waals surface area contributed by atoms with Crippen LogP contribution in [0.25, 0.3) is 16.7 Å². The maximum absolute atomic E-state index is 12.7. The quantitative estimate of drug-likeness (QED) is 0.392. The minimum absolute atomic E-state index is 0.246. The lowest BCUT2D eigenvalue weighted by Crippen LogP contribution is -2.26. The lowest BCUT2D eigenvalue weighted by atomic mass is 10.3. The minimum Gasteiger partial charge on any atom is -0.497 e. The Hall–Kier alpha value is -3.94. The predicted molar refractivity (Wildman–Crippen MR) is 102 cm³/mol. The Labute approximate surface area is 159 Å². The maximum atomic E-state index is 12.7. The van der Waals surface area contributed by atoms with Crippen molar-refractivity contribution in [2.24, 2.45) is 0 Å². The van der Waals surface area contributed by atoms with Gasteiger partial charge < -0.3 is 9.47 Å². The van der Waals surface area contributed by atoms with Gasteiger partial charge in [-0.15, -0.1) is 0 Å². The molecule has 0 atom stereocenters. The van der Waals surface area contributed by atoms with Crippen molar-refractivity contribution in [1.29, 1.82) is 0 Å². The van der Waals surface area contributed by atoms with Gasteiger partial charge in [-0.05, 0) is 36.4 Å². The lowest BCUT2D eigenvalue weighted by molar-refractivity contribution is -0.135. The Morgan fingerprint density at radius 3 is 2.50 bits per heavy atom. The first-order valence-electron chi connectivity index (χ1n) is 8.49. The van der Waals surface area contributed by atoms with Gasteiger partial charge in [0.25, 0.3) is 5.56 Å². The van der Waals surface area contributed by atoms with Gasteiger partial charge in [-0.1, -0.05) is 18.2 Å². The Bertz CT molecular complexity index is 1180. The first kappa shape index (κ1) is 17.5. The molecule has 0 aliphatic carbocycles. The molecule has 4 rings (SSSR count). The zero-order valence-electron chi connectivity index (χ0n) is 15.0. The normalized spacial score (nSPS) is 10.8. The first-order chi connectivity index (χ1) is 13.7. The molecular formula is C20H16N4O4. The van der Waals surface area contributed by atoms with E-state index in [1.54, 1.807) is 48.2 Å². The van der Waals surface area contributed by atoms with Crippen LogP contribution in [0, 0.1) is 0 Å². The van der Waals surface area contributed by atoms with Gasteiger partial charge >= 0.3 is 5.97 Å². The van der Waals surface area contributed by atoms with E-state index in [2.05, 4.69) is 10.1 Å². The molecule has 0 aliphatic rings. The van der Waals surface area contributed by atoms with E-state index >= 15 is 0 Å². The number of fused-ring (bicyclic) bond motifs is 1. The van der Waals surface area contributed by atoms with Crippen LogP contribution in [0.5, 0.6) is 11.5 Å². The lowest BCUT2D eigenvalue weighted by Gasteiger charge is -2.07. The second-order valence-electron chi connectivity index (χ2n) is 5.96. The van der Waals surface area contributed by atoms with Crippen molar-refractivity contribution in [3.8, 4) is 17.2 Å². The smallest absolute Gasteiger partial charge is 0.331 e. The molecular weight excluding hydrogens is 360 g/mol. The second-order valence-corrected chi connectivity index (χ2v) is 5.96. The Kier molecular flexibility index (Phi) is 4.59. The molecule has 2 heterocycles. The number of aromatic nitrogens is 4. The Balaban J connectivity index is 1.61. The van der Waals surface area contributed by atoms with E-state index in [0.29, 0.717) is 22.5 Å². The molecule has 0 saturated carbocycles. The van der Waals surface area contributed by atoms with Gasteiger partial charge in [0, 0.05) is 0 Å². The number of hydrogen-bond donors (Lipinski definition) is 0. The summed E-state index contributed by atoms with van der Waals surface area (Å²) < 4.78 is 13.1. The SMILES string of the molecule is COc1ccc(-n2ncc3c(=O)n(CC(=O)Oc4ccccc4)cnc32)cc1. The van der Waals surface area contributed by atoms with Crippen molar-refractivity contribution in [2.45, 2.75) is 6.54 Å². The van der Waals surface area contributed by atoms with Crippen molar-refractivity contribution >= 4 is 17.0 Å². The summed E-state index contributed by atoms with van der Waals surface area (Å²) in [6.45, 7) is -0.246.